The molecule has 9 heterocycles. The summed E-state index contributed by atoms with van der Waals surface area (Å²) in [5.74, 6) is 3.98. The molecular formula is C46H50N6O4. The minimum absolute atomic E-state index is 0.129. The third kappa shape index (κ3) is 6.18. The minimum atomic E-state index is -0.368. The molecule has 6 aliphatic heterocycles. The predicted molar refractivity (Wildman–Crippen MR) is 217 cm³/mol. The van der Waals surface area contributed by atoms with E-state index in [0.29, 0.717) is 35.4 Å². The number of rotatable bonds is 10. The number of aromatic nitrogens is 4. The highest BCUT2D eigenvalue weighted by molar-refractivity contribution is 5.91. The Kier molecular flexibility index (Phi) is 9.13. The van der Waals surface area contributed by atoms with Gasteiger partial charge in [-0.3, -0.25) is 19.8 Å². The van der Waals surface area contributed by atoms with E-state index in [4.69, 9.17) is 19.7 Å². The number of benzene rings is 3. The van der Waals surface area contributed by atoms with Crippen molar-refractivity contribution in [3.8, 4) is 23.3 Å². The molecule has 0 spiro atoms. The molecule has 10 nitrogen and oxygen atoms in total. The van der Waals surface area contributed by atoms with Crippen molar-refractivity contribution in [1.29, 1.82) is 0 Å². The van der Waals surface area contributed by atoms with E-state index in [1.54, 1.807) is 24.3 Å². The molecule has 10 heteroatoms. The quantitative estimate of drug-likeness (QED) is 0.141. The summed E-state index contributed by atoms with van der Waals surface area (Å²) in [5, 5.41) is 34.4. The predicted octanol–water partition coefficient (Wildman–Crippen LogP) is 8.62. The summed E-state index contributed by atoms with van der Waals surface area (Å²) in [7, 11) is 0. The summed E-state index contributed by atoms with van der Waals surface area (Å²) in [6, 6.07) is 23.2. The second kappa shape index (κ2) is 14.5. The Balaban J connectivity index is 1.06. The molecule has 6 aliphatic rings. The fourth-order valence-electron chi connectivity index (χ4n) is 10.9. The maximum absolute atomic E-state index is 10.6. The molecule has 6 fully saturated rings. The van der Waals surface area contributed by atoms with E-state index < -0.39 is 0 Å². The molecule has 3 aromatic carbocycles. The van der Waals surface area contributed by atoms with Crippen LogP contribution in [0.1, 0.15) is 75.7 Å². The van der Waals surface area contributed by atoms with Gasteiger partial charge in [0.05, 0.1) is 33.9 Å². The van der Waals surface area contributed by atoms with E-state index >= 15 is 0 Å². The minimum Gasteiger partial charge on any atom is -0.508 e. The van der Waals surface area contributed by atoms with Crippen LogP contribution in [0.3, 0.4) is 0 Å². The Labute approximate surface area is 327 Å². The lowest BCUT2D eigenvalue weighted by Crippen LogP contribution is -2.56. The van der Waals surface area contributed by atoms with E-state index in [1.165, 1.54) is 25.7 Å². The molecule has 288 valence electrons. The number of piperidine rings is 6. The van der Waals surface area contributed by atoms with E-state index in [9.17, 15) is 10.2 Å². The summed E-state index contributed by atoms with van der Waals surface area (Å²) in [5.41, 5.74) is 3.61. The molecule has 4 bridgehead atoms. The van der Waals surface area contributed by atoms with Gasteiger partial charge in [0.2, 0.25) is 11.8 Å². The third-order valence-corrected chi connectivity index (χ3v) is 13.8. The summed E-state index contributed by atoms with van der Waals surface area (Å²) in [4.78, 5) is 14.5. The number of phenols is 2. The first-order chi connectivity index (χ1) is 27.4. The average molecular weight is 751 g/mol. The van der Waals surface area contributed by atoms with E-state index in [-0.39, 0.29) is 35.8 Å². The molecule has 6 unspecified atom stereocenters. The van der Waals surface area contributed by atoms with Crippen molar-refractivity contribution in [2.24, 2.45) is 23.7 Å². The van der Waals surface area contributed by atoms with E-state index in [0.717, 1.165) is 82.7 Å². The first-order valence-corrected chi connectivity index (χ1v) is 20.7. The highest BCUT2D eigenvalue weighted by Gasteiger charge is 2.46. The Morgan fingerprint density at radius 2 is 1.09 bits per heavy atom. The molecular weight excluding hydrogens is 701 g/mol. The number of hydrogen-bond donors (Lipinski definition) is 2. The van der Waals surface area contributed by atoms with Crippen molar-refractivity contribution >= 4 is 32.6 Å². The van der Waals surface area contributed by atoms with Gasteiger partial charge in [-0.15, -0.1) is 10.2 Å². The van der Waals surface area contributed by atoms with Gasteiger partial charge in [0.15, 0.2) is 0 Å². The molecule has 0 saturated carbocycles. The Morgan fingerprint density at radius 3 is 1.50 bits per heavy atom. The molecule has 56 heavy (non-hydrogen) atoms. The van der Waals surface area contributed by atoms with E-state index in [1.807, 2.05) is 60.9 Å². The summed E-state index contributed by atoms with van der Waals surface area (Å²) in [6.07, 6.45) is 9.80. The Hall–Kier alpha value is -5.06. The van der Waals surface area contributed by atoms with Gasteiger partial charge in [0.1, 0.15) is 23.7 Å². The van der Waals surface area contributed by atoms with Gasteiger partial charge >= 0.3 is 0 Å². The van der Waals surface area contributed by atoms with Crippen LogP contribution >= 0.6 is 0 Å². The van der Waals surface area contributed by atoms with Crippen LogP contribution in [-0.2, 0) is 0 Å². The zero-order valence-electron chi connectivity index (χ0n) is 32.2. The van der Waals surface area contributed by atoms with Gasteiger partial charge in [-0.2, -0.15) is 0 Å². The lowest BCUT2D eigenvalue weighted by atomic mass is 9.72. The first kappa shape index (κ1) is 35.4. The van der Waals surface area contributed by atoms with Crippen LogP contribution in [0, 0.1) is 23.7 Å². The van der Waals surface area contributed by atoms with Crippen molar-refractivity contribution in [3.05, 3.63) is 96.3 Å². The molecule has 3 aromatic heterocycles. The maximum atomic E-state index is 10.6. The molecule has 0 amide bonds. The first-order valence-electron chi connectivity index (χ1n) is 20.7. The zero-order chi connectivity index (χ0) is 37.9. The lowest BCUT2D eigenvalue weighted by molar-refractivity contribution is -0.0505. The molecule has 12 rings (SSSR count). The van der Waals surface area contributed by atoms with Crippen LogP contribution in [0.4, 0.5) is 0 Å². The van der Waals surface area contributed by atoms with Crippen molar-refractivity contribution in [3.63, 3.8) is 0 Å². The van der Waals surface area contributed by atoms with Crippen LogP contribution in [0.5, 0.6) is 23.3 Å². The van der Waals surface area contributed by atoms with Crippen LogP contribution in [0.25, 0.3) is 32.6 Å². The average Bonchev–Trinajstić information content (AvgIpc) is 3.25. The van der Waals surface area contributed by atoms with E-state index in [2.05, 4.69) is 33.6 Å². The standard InChI is InChI=1S/C46H50N6O4/c1-3-27-25-51-19-15-29(27)21-41(51)43(33-13-17-47-39-11-9-31(53)23-37(33)39)55-45-35-7-5-6-8-36(35)46(50-49-45)56-44(42-22-30-16-20-52(42)26-28(30)4-2)34-14-18-48-40-12-10-32(54)24-38(34)40/h5-14,17-18,23-24,27-30,41-44,53-54H,3-4,15-16,19-22,25-26H2,1-2H3/t27?,28?,29?,30?,41-,42-,43-,44-/m0/s1. The van der Waals surface area contributed by atoms with Gasteiger partial charge in [0.25, 0.3) is 0 Å². The smallest absolute Gasteiger partial charge is 0.242 e. The van der Waals surface area contributed by atoms with Gasteiger partial charge in [-0.1, -0.05) is 38.8 Å². The number of fused-ring (bicyclic) bond motifs is 9. The maximum Gasteiger partial charge on any atom is 0.242 e. The third-order valence-electron chi connectivity index (χ3n) is 13.8. The monoisotopic (exact) mass is 750 g/mol. The lowest BCUT2D eigenvalue weighted by Gasteiger charge is -2.52. The molecule has 6 saturated heterocycles. The number of pyridine rings is 2. The molecule has 0 radical (unpaired) electrons. The topological polar surface area (TPSA) is 117 Å². The number of aromatic hydroxyl groups is 2. The van der Waals surface area contributed by atoms with Gasteiger partial charge < -0.3 is 19.7 Å². The van der Waals surface area contributed by atoms with Crippen molar-refractivity contribution < 1.29 is 19.7 Å². The SMILES string of the molecule is CCC1CN2CCC1C[C@H]2[C@@H](Oc1nnc(O[C@@H](c2ccnc3ccc(O)cc23)[C@@H]2CC3CCN2CC3CC)c2ccccc12)c1ccnc2ccc(O)cc12. The van der Waals surface area contributed by atoms with Crippen LogP contribution in [0.15, 0.2) is 85.2 Å². The highest BCUT2D eigenvalue weighted by Crippen LogP contribution is 2.47. The molecule has 10 atom stereocenters. The zero-order valence-corrected chi connectivity index (χ0v) is 32.2. The number of ether oxygens (including phenoxy) is 2. The van der Waals surface area contributed by atoms with Crippen molar-refractivity contribution in [1.82, 2.24) is 30.0 Å². The van der Waals surface area contributed by atoms with Gasteiger partial charge in [-0.25, -0.2) is 0 Å². The van der Waals surface area contributed by atoms with Crippen molar-refractivity contribution in [2.45, 2.75) is 76.7 Å². The van der Waals surface area contributed by atoms with Crippen LogP contribution in [0.2, 0.25) is 0 Å². The molecule has 0 aliphatic carbocycles. The summed E-state index contributed by atoms with van der Waals surface area (Å²) < 4.78 is 14.4. The fourth-order valence-corrected chi connectivity index (χ4v) is 10.9. The second-order valence-electron chi connectivity index (χ2n) is 16.7. The van der Waals surface area contributed by atoms with Crippen LogP contribution in [-0.4, -0.2) is 78.4 Å². The number of hydrogen-bond acceptors (Lipinski definition) is 10. The van der Waals surface area contributed by atoms with Crippen LogP contribution < -0.4 is 9.47 Å². The highest BCUT2D eigenvalue weighted by atomic mass is 16.5. The van der Waals surface area contributed by atoms with Gasteiger partial charge in [0, 0.05) is 47.4 Å². The van der Waals surface area contributed by atoms with Crippen molar-refractivity contribution in [2.75, 3.05) is 26.2 Å². The normalized spacial score (nSPS) is 28.1. The second-order valence-corrected chi connectivity index (χ2v) is 16.7. The largest absolute Gasteiger partial charge is 0.508 e. The Morgan fingerprint density at radius 1 is 0.625 bits per heavy atom. The molecule has 6 aromatic rings. The summed E-state index contributed by atoms with van der Waals surface area (Å²) >= 11 is 0. The molecule has 2 N–H and O–H groups in total. The summed E-state index contributed by atoms with van der Waals surface area (Å²) in [6.45, 7) is 8.81. The number of nitrogens with zero attached hydrogens (tertiary/aromatic N) is 6. The fraction of sp³-hybridized carbons (Fsp3) is 0.435. The Bertz CT molecular complexity index is 2240. The van der Waals surface area contributed by atoms with Gasteiger partial charge in [-0.05, 0) is 123 Å². The number of phenolic OH excluding ortho intramolecular Hbond substituents is 2.